The van der Waals surface area contributed by atoms with Gasteiger partial charge in [0.25, 0.3) is 0 Å². The highest BCUT2D eigenvalue weighted by atomic mass is 16.5. The monoisotopic (exact) mass is 290 g/mol. The molecule has 0 fully saturated rings. The van der Waals surface area contributed by atoms with E-state index in [9.17, 15) is 9.90 Å². The fourth-order valence-corrected chi connectivity index (χ4v) is 2.16. The lowest BCUT2D eigenvalue weighted by Crippen LogP contribution is -2.31. The zero-order valence-corrected chi connectivity index (χ0v) is 11.8. The first-order valence-electron chi connectivity index (χ1n) is 6.65. The molecule has 2 aromatic rings. The van der Waals surface area contributed by atoms with Gasteiger partial charge in [0, 0.05) is 25.6 Å². The summed E-state index contributed by atoms with van der Waals surface area (Å²) in [5.41, 5.74) is 0.823. The summed E-state index contributed by atoms with van der Waals surface area (Å²) < 4.78 is 5.04. The number of nitrogens with zero attached hydrogens (tertiary/aromatic N) is 2. The highest BCUT2D eigenvalue weighted by Gasteiger charge is 2.15. The maximum atomic E-state index is 11.4. The molecular formula is C15H18N2O4. The SMILES string of the molecule is COCCN(CCO)c1cc(C(=O)O)c2ccccc2n1. The number of aromatic carboxylic acids is 1. The molecular weight excluding hydrogens is 272 g/mol. The molecule has 0 amide bonds. The molecule has 0 radical (unpaired) electrons. The molecule has 0 atom stereocenters. The number of methoxy groups -OCH3 is 1. The van der Waals surface area contributed by atoms with Gasteiger partial charge in [-0.3, -0.25) is 0 Å². The molecule has 0 saturated heterocycles. The van der Waals surface area contributed by atoms with Gasteiger partial charge < -0.3 is 19.8 Å². The van der Waals surface area contributed by atoms with Crippen LogP contribution in [-0.4, -0.2) is 54.6 Å². The Morgan fingerprint density at radius 1 is 1.33 bits per heavy atom. The van der Waals surface area contributed by atoms with E-state index in [0.717, 1.165) is 0 Å². The predicted octanol–water partition coefficient (Wildman–Crippen LogP) is 1.38. The van der Waals surface area contributed by atoms with Crippen LogP contribution in [0.2, 0.25) is 0 Å². The zero-order valence-electron chi connectivity index (χ0n) is 11.8. The zero-order chi connectivity index (χ0) is 15.2. The van der Waals surface area contributed by atoms with E-state index in [2.05, 4.69) is 4.98 Å². The van der Waals surface area contributed by atoms with E-state index < -0.39 is 5.97 Å². The van der Waals surface area contributed by atoms with Crippen LogP contribution in [0.1, 0.15) is 10.4 Å². The first-order valence-corrected chi connectivity index (χ1v) is 6.65. The van der Waals surface area contributed by atoms with Crippen molar-refractivity contribution < 1.29 is 19.7 Å². The van der Waals surface area contributed by atoms with Crippen LogP contribution < -0.4 is 4.90 Å². The Hall–Kier alpha value is -2.18. The molecule has 0 aliphatic heterocycles. The summed E-state index contributed by atoms with van der Waals surface area (Å²) in [4.78, 5) is 17.7. The van der Waals surface area contributed by atoms with Crippen molar-refractivity contribution in [2.45, 2.75) is 0 Å². The second-order valence-corrected chi connectivity index (χ2v) is 4.55. The van der Waals surface area contributed by atoms with Gasteiger partial charge in [0.1, 0.15) is 5.82 Å². The van der Waals surface area contributed by atoms with Gasteiger partial charge in [-0.25, -0.2) is 9.78 Å². The molecule has 6 heteroatoms. The number of aliphatic hydroxyl groups is 1. The van der Waals surface area contributed by atoms with Gasteiger partial charge >= 0.3 is 5.97 Å². The van der Waals surface area contributed by atoms with Crippen LogP contribution in [0.5, 0.6) is 0 Å². The lowest BCUT2D eigenvalue weighted by atomic mass is 10.1. The van der Waals surface area contributed by atoms with Crippen molar-refractivity contribution in [3.63, 3.8) is 0 Å². The van der Waals surface area contributed by atoms with Crippen molar-refractivity contribution in [2.24, 2.45) is 0 Å². The minimum absolute atomic E-state index is 0.0410. The number of aromatic nitrogens is 1. The number of carboxylic acid groups (broad SMARTS) is 1. The molecule has 0 aliphatic rings. The fourth-order valence-electron chi connectivity index (χ4n) is 2.16. The summed E-state index contributed by atoms with van der Waals surface area (Å²) in [5.74, 6) is -0.470. The number of para-hydroxylation sites is 1. The lowest BCUT2D eigenvalue weighted by molar-refractivity contribution is 0.0699. The minimum Gasteiger partial charge on any atom is -0.478 e. The van der Waals surface area contributed by atoms with Gasteiger partial charge in [0.05, 0.1) is 24.3 Å². The molecule has 2 rings (SSSR count). The summed E-state index contributed by atoms with van der Waals surface area (Å²) in [6.45, 7) is 1.33. The molecule has 0 bridgehead atoms. The van der Waals surface area contributed by atoms with Crippen molar-refractivity contribution in [3.05, 3.63) is 35.9 Å². The number of aliphatic hydroxyl groups excluding tert-OH is 1. The van der Waals surface area contributed by atoms with Gasteiger partial charge in [-0.05, 0) is 12.1 Å². The maximum absolute atomic E-state index is 11.4. The van der Waals surface area contributed by atoms with Crippen LogP contribution in [0.3, 0.4) is 0 Å². The summed E-state index contributed by atoms with van der Waals surface area (Å²) in [6.07, 6.45) is 0. The number of anilines is 1. The summed E-state index contributed by atoms with van der Waals surface area (Å²) in [5, 5.41) is 19.1. The van der Waals surface area contributed by atoms with Gasteiger partial charge in [0.2, 0.25) is 0 Å². The topological polar surface area (TPSA) is 82.9 Å². The molecule has 0 spiro atoms. The molecule has 0 unspecified atom stereocenters. The third-order valence-corrected chi connectivity index (χ3v) is 3.19. The first-order chi connectivity index (χ1) is 10.2. The smallest absolute Gasteiger partial charge is 0.336 e. The fraction of sp³-hybridized carbons (Fsp3) is 0.333. The lowest BCUT2D eigenvalue weighted by Gasteiger charge is -2.23. The summed E-state index contributed by atoms with van der Waals surface area (Å²) in [6, 6.07) is 8.65. The molecule has 0 saturated carbocycles. The molecule has 1 heterocycles. The first kappa shape index (κ1) is 15.2. The highest BCUT2D eigenvalue weighted by molar-refractivity contribution is 6.03. The average molecular weight is 290 g/mol. The average Bonchev–Trinajstić information content (AvgIpc) is 2.50. The number of carboxylic acids is 1. The van der Waals surface area contributed by atoms with E-state index in [-0.39, 0.29) is 12.2 Å². The largest absolute Gasteiger partial charge is 0.478 e. The van der Waals surface area contributed by atoms with Crippen LogP contribution >= 0.6 is 0 Å². The standard InChI is InChI=1S/C15H18N2O4/c1-21-9-7-17(6-8-18)14-10-12(15(19)20)11-4-2-3-5-13(11)16-14/h2-5,10,18H,6-9H2,1H3,(H,19,20). The number of hydrogen-bond acceptors (Lipinski definition) is 5. The van der Waals surface area contributed by atoms with Crippen molar-refractivity contribution in [1.82, 2.24) is 4.98 Å². The van der Waals surface area contributed by atoms with Gasteiger partial charge in [-0.2, -0.15) is 0 Å². The Balaban J connectivity index is 2.49. The highest BCUT2D eigenvalue weighted by Crippen LogP contribution is 2.23. The molecule has 0 aliphatic carbocycles. The Morgan fingerprint density at radius 2 is 2.10 bits per heavy atom. The van der Waals surface area contributed by atoms with E-state index in [1.165, 1.54) is 6.07 Å². The normalized spacial score (nSPS) is 10.8. The van der Waals surface area contributed by atoms with Gasteiger partial charge in [0.15, 0.2) is 0 Å². The van der Waals surface area contributed by atoms with Crippen molar-refractivity contribution in [3.8, 4) is 0 Å². The summed E-state index contributed by atoms with van der Waals surface area (Å²) in [7, 11) is 1.59. The summed E-state index contributed by atoms with van der Waals surface area (Å²) >= 11 is 0. The number of ether oxygens (including phenoxy) is 1. The van der Waals surface area contributed by atoms with E-state index >= 15 is 0 Å². The van der Waals surface area contributed by atoms with E-state index in [4.69, 9.17) is 9.84 Å². The third-order valence-electron chi connectivity index (χ3n) is 3.19. The Morgan fingerprint density at radius 3 is 2.76 bits per heavy atom. The van der Waals surface area contributed by atoms with Crippen LogP contribution in [0.4, 0.5) is 5.82 Å². The quantitative estimate of drug-likeness (QED) is 0.801. The van der Waals surface area contributed by atoms with Gasteiger partial charge in [-0.15, -0.1) is 0 Å². The Kier molecular flexibility index (Phi) is 5.08. The number of benzene rings is 1. The van der Waals surface area contributed by atoms with Gasteiger partial charge in [-0.1, -0.05) is 18.2 Å². The van der Waals surface area contributed by atoms with E-state index in [1.54, 1.807) is 25.3 Å². The molecule has 6 nitrogen and oxygen atoms in total. The van der Waals surface area contributed by atoms with E-state index in [1.807, 2.05) is 11.0 Å². The molecule has 2 N–H and O–H groups in total. The third kappa shape index (κ3) is 3.48. The molecule has 21 heavy (non-hydrogen) atoms. The molecule has 1 aromatic heterocycles. The van der Waals surface area contributed by atoms with Crippen LogP contribution in [-0.2, 0) is 4.74 Å². The number of pyridine rings is 1. The maximum Gasteiger partial charge on any atom is 0.336 e. The van der Waals surface area contributed by atoms with Crippen molar-refractivity contribution in [1.29, 1.82) is 0 Å². The Bertz CT molecular complexity index is 630. The number of rotatable bonds is 7. The number of hydrogen-bond donors (Lipinski definition) is 2. The van der Waals surface area contributed by atoms with Crippen molar-refractivity contribution >= 4 is 22.7 Å². The molecule has 112 valence electrons. The number of fused-ring (bicyclic) bond motifs is 1. The molecule has 1 aromatic carbocycles. The van der Waals surface area contributed by atoms with Crippen LogP contribution in [0, 0.1) is 0 Å². The Labute approximate surface area is 122 Å². The number of carbonyl (C=O) groups is 1. The predicted molar refractivity (Wildman–Crippen MR) is 79.9 cm³/mol. The second-order valence-electron chi connectivity index (χ2n) is 4.55. The van der Waals surface area contributed by atoms with Crippen molar-refractivity contribution in [2.75, 3.05) is 38.3 Å². The van der Waals surface area contributed by atoms with Crippen LogP contribution in [0.15, 0.2) is 30.3 Å². The van der Waals surface area contributed by atoms with Crippen LogP contribution in [0.25, 0.3) is 10.9 Å². The van der Waals surface area contributed by atoms with E-state index in [0.29, 0.717) is 36.4 Å². The second kappa shape index (κ2) is 7.01. The minimum atomic E-state index is -0.995.